The first-order valence-electron chi connectivity index (χ1n) is 5.63. The van der Waals surface area contributed by atoms with Gasteiger partial charge in [0.15, 0.2) is 0 Å². The molecule has 0 N–H and O–H groups in total. The minimum absolute atomic E-state index is 0.130. The maximum absolute atomic E-state index is 12.1. The molecule has 1 aliphatic heterocycles. The van der Waals surface area contributed by atoms with Gasteiger partial charge in [0, 0.05) is 18.8 Å². The van der Waals surface area contributed by atoms with Gasteiger partial charge in [-0.25, -0.2) is 0 Å². The molecule has 0 aromatic heterocycles. The second-order valence-corrected chi connectivity index (χ2v) is 4.02. The number of aryl methyl sites for hydroxylation is 1. The van der Waals surface area contributed by atoms with Gasteiger partial charge in [-0.2, -0.15) is 0 Å². The number of nitrogens with zero attached hydrogens (tertiary/aromatic N) is 1. The lowest BCUT2D eigenvalue weighted by Gasteiger charge is -2.30. The van der Waals surface area contributed by atoms with Crippen molar-refractivity contribution in [3.63, 3.8) is 0 Å². The number of hydrogen-bond donors (Lipinski definition) is 0. The van der Waals surface area contributed by atoms with Crippen LogP contribution in [0.25, 0.3) is 0 Å². The van der Waals surface area contributed by atoms with Crippen LogP contribution in [0.1, 0.15) is 18.9 Å². The van der Waals surface area contributed by atoms with Gasteiger partial charge in [-0.15, -0.1) is 13.2 Å². The van der Waals surface area contributed by atoms with E-state index < -0.39 is 6.36 Å². The van der Waals surface area contributed by atoms with E-state index in [-0.39, 0.29) is 5.75 Å². The van der Waals surface area contributed by atoms with Crippen LogP contribution in [0.5, 0.6) is 5.75 Å². The van der Waals surface area contributed by atoms with Crippen molar-refractivity contribution in [2.75, 3.05) is 18.0 Å². The Morgan fingerprint density at radius 2 is 2.12 bits per heavy atom. The van der Waals surface area contributed by atoms with Gasteiger partial charge >= 0.3 is 6.36 Å². The van der Waals surface area contributed by atoms with Crippen LogP contribution in [0.15, 0.2) is 18.2 Å². The lowest BCUT2D eigenvalue weighted by atomic mass is 10.0. The molecule has 94 valence electrons. The van der Waals surface area contributed by atoms with Crippen LogP contribution in [0.3, 0.4) is 0 Å². The highest BCUT2D eigenvalue weighted by Gasteiger charge is 2.31. The predicted molar refractivity (Wildman–Crippen MR) is 59.3 cm³/mol. The van der Waals surface area contributed by atoms with Crippen molar-refractivity contribution in [1.29, 1.82) is 0 Å². The zero-order valence-corrected chi connectivity index (χ0v) is 9.55. The van der Waals surface area contributed by atoms with Crippen molar-refractivity contribution in [3.05, 3.63) is 23.8 Å². The van der Waals surface area contributed by atoms with Crippen LogP contribution in [0.2, 0.25) is 0 Å². The first-order valence-corrected chi connectivity index (χ1v) is 5.63. The maximum atomic E-state index is 12.1. The third kappa shape index (κ3) is 2.84. The van der Waals surface area contributed by atoms with E-state index in [1.165, 1.54) is 12.1 Å². The Balaban J connectivity index is 2.25. The molecule has 17 heavy (non-hydrogen) atoms. The summed E-state index contributed by atoms with van der Waals surface area (Å²) in [5.41, 5.74) is 1.95. The highest BCUT2D eigenvalue weighted by molar-refractivity contribution is 5.57. The minimum Gasteiger partial charge on any atom is -0.406 e. The quantitative estimate of drug-likeness (QED) is 0.792. The molecule has 0 bridgehead atoms. The highest BCUT2D eigenvalue weighted by Crippen LogP contribution is 2.32. The third-order valence-electron chi connectivity index (χ3n) is 2.88. The smallest absolute Gasteiger partial charge is 0.406 e. The molecule has 0 atom stereocenters. The number of fused-ring (bicyclic) bond motifs is 1. The molecule has 0 spiro atoms. The normalized spacial score (nSPS) is 15.6. The summed E-state index contributed by atoms with van der Waals surface area (Å²) in [7, 11) is 0. The van der Waals surface area contributed by atoms with Gasteiger partial charge in [0.25, 0.3) is 0 Å². The van der Waals surface area contributed by atoms with Gasteiger partial charge in [0.2, 0.25) is 0 Å². The Morgan fingerprint density at radius 1 is 1.35 bits per heavy atom. The largest absolute Gasteiger partial charge is 0.573 e. The molecule has 0 saturated heterocycles. The molecule has 1 aliphatic rings. The zero-order chi connectivity index (χ0) is 12.5. The fraction of sp³-hybridized carbons (Fsp3) is 0.500. The number of anilines is 1. The van der Waals surface area contributed by atoms with E-state index in [9.17, 15) is 13.2 Å². The monoisotopic (exact) mass is 245 g/mol. The van der Waals surface area contributed by atoms with Gasteiger partial charge in [-0.1, -0.05) is 0 Å². The first kappa shape index (κ1) is 12.1. The second-order valence-electron chi connectivity index (χ2n) is 4.02. The molecule has 0 saturated carbocycles. The molecule has 2 nitrogen and oxygen atoms in total. The lowest BCUT2D eigenvalue weighted by Crippen LogP contribution is -2.29. The van der Waals surface area contributed by atoms with Crippen LogP contribution in [0.4, 0.5) is 18.9 Å². The molecular weight excluding hydrogens is 231 g/mol. The Bertz CT molecular complexity index is 403. The summed E-state index contributed by atoms with van der Waals surface area (Å²) in [5.74, 6) is -0.130. The predicted octanol–water partition coefficient (Wildman–Crippen LogP) is 3.36. The number of hydrogen-bond acceptors (Lipinski definition) is 2. The molecule has 0 fully saturated rings. The summed E-state index contributed by atoms with van der Waals surface area (Å²) in [5, 5.41) is 0. The van der Waals surface area contributed by atoms with E-state index >= 15 is 0 Å². The van der Waals surface area contributed by atoms with Crippen LogP contribution in [-0.4, -0.2) is 19.5 Å². The molecule has 0 aliphatic carbocycles. The van der Waals surface area contributed by atoms with Gasteiger partial charge in [0.05, 0.1) is 0 Å². The van der Waals surface area contributed by atoms with Crippen LogP contribution >= 0.6 is 0 Å². The molecule has 1 aromatic carbocycles. The summed E-state index contributed by atoms with van der Waals surface area (Å²) < 4.78 is 40.2. The van der Waals surface area contributed by atoms with Crippen molar-refractivity contribution in [2.24, 2.45) is 0 Å². The summed E-state index contributed by atoms with van der Waals surface area (Å²) in [6.45, 7) is 3.87. The molecule has 2 rings (SSSR count). The fourth-order valence-corrected chi connectivity index (χ4v) is 2.18. The van der Waals surface area contributed by atoms with Crippen molar-refractivity contribution >= 4 is 5.69 Å². The molecule has 0 amide bonds. The molecule has 0 unspecified atom stereocenters. The number of ether oxygens (including phenoxy) is 1. The summed E-state index contributed by atoms with van der Waals surface area (Å²) in [6.07, 6.45) is -2.84. The van der Waals surface area contributed by atoms with Gasteiger partial charge in [-0.3, -0.25) is 0 Å². The molecule has 5 heteroatoms. The highest BCUT2D eigenvalue weighted by atomic mass is 19.4. The molecule has 1 aromatic rings. The number of halogens is 3. The number of rotatable bonds is 2. The topological polar surface area (TPSA) is 12.5 Å². The van der Waals surface area contributed by atoms with Crippen LogP contribution in [0, 0.1) is 0 Å². The Morgan fingerprint density at radius 3 is 2.76 bits per heavy atom. The van der Waals surface area contributed by atoms with E-state index in [1.54, 1.807) is 6.07 Å². The van der Waals surface area contributed by atoms with Crippen LogP contribution in [-0.2, 0) is 6.42 Å². The van der Waals surface area contributed by atoms with E-state index in [2.05, 4.69) is 9.64 Å². The van der Waals surface area contributed by atoms with Crippen molar-refractivity contribution in [3.8, 4) is 5.75 Å². The van der Waals surface area contributed by atoms with E-state index in [0.29, 0.717) is 0 Å². The SMILES string of the molecule is CCN1CCCc2cc(OC(F)(F)F)ccc21. The summed E-state index contributed by atoms with van der Waals surface area (Å²) in [4.78, 5) is 2.16. The van der Waals surface area contributed by atoms with Gasteiger partial charge in [0.1, 0.15) is 5.75 Å². The Kier molecular flexibility index (Phi) is 3.17. The number of benzene rings is 1. The maximum Gasteiger partial charge on any atom is 0.573 e. The summed E-state index contributed by atoms with van der Waals surface area (Å²) in [6, 6.07) is 4.57. The average Bonchev–Trinajstić information content (AvgIpc) is 2.25. The fourth-order valence-electron chi connectivity index (χ4n) is 2.18. The number of alkyl halides is 3. The van der Waals surface area contributed by atoms with Crippen molar-refractivity contribution in [2.45, 2.75) is 26.1 Å². The Hall–Kier alpha value is -1.39. The van der Waals surface area contributed by atoms with Gasteiger partial charge < -0.3 is 9.64 Å². The molecular formula is C12H14F3NO. The molecule has 1 heterocycles. The first-order chi connectivity index (χ1) is 7.99. The van der Waals surface area contributed by atoms with Crippen molar-refractivity contribution in [1.82, 2.24) is 0 Å². The average molecular weight is 245 g/mol. The Labute approximate surface area is 98.0 Å². The lowest BCUT2D eigenvalue weighted by molar-refractivity contribution is -0.274. The third-order valence-corrected chi connectivity index (χ3v) is 2.88. The second kappa shape index (κ2) is 4.47. The summed E-state index contributed by atoms with van der Waals surface area (Å²) >= 11 is 0. The standard InChI is InChI=1S/C12H14F3NO/c1-2-16-7-3-4-9-8-10(5-6-11(9)16)17-12(13,14)15/h5-6,8H,2-4,7H2,1H3. The van der Waals surface area contributed by atoms with Gasteiger partial charge in [-0.05, 0) is 43.5 Å². The minimum atomic E-state index is -4.62. The van der Waals surface area contributed by atoms with Crippen molar-refractivity contribution < 1.29 is 17.9 Å². The van der Waals surface area contributed by atoms with Crippen LogP contribution < -0.4 is 9.64 Å². The zero-order valence-electron chi connectivity index (χ0n) is 9.55. The molecule has 0 radical (unpaired) electrons. The van der Waals surface area contributed by atoms with E-state index in [1.807, 2.05) is 6.92 Å². The van der Waals surface area contributed by atoms with E-state index in [4.69, 9.17) is 0 Å². The van der Waals surface area contributed by atoms with E-state index in [0.717, 1.165) is 37.2 Å².